The molecule has 0 N–H and O–H groups in total. The van der Waals surface area contributed by atoms with E-state index in [0.29, 0.717) is 0 Å². The van der Waals surface area contributed by atoms with Gasteiger partial charge in [0.15, 0.2) is 0 Å². The molecule has 2 aromatic rings. The van der Waals surface area contributed by atoms with E-state index in [1.807, 2.05) is 0 Å². The summed E-state index contributed by atoms with van der Waals surface area (Å²) in [7, 11) is 0. The van der Waals surface area contributed by atoms with Crippen LogP contribution in [0.2, 0.25) is 0 Å². The molecule has 0 aliphatic heterocycles. The third-order valence-electron chi connectivity index (χ3n) is 6.79. The van der Waals surface area contributed by atoms with Crippen LogP contribution in [0.15, 0.2) is 54.6 Å². The highest BCUT2D eigenvalue weighted by Crippen LogP contribution is 2.18. The van der Waals surface area contributed by atoms with Gasteiger partial charge in [0.05, 0.1) is 0 Å². The molecule has 0 aliphatic rings. The zero-order valence-corrected chi connectivity index (χ0v) is 21.1. The minimum Gasteiger partial charge on any atom is -0.0885 e. The summed E-state index contributed by atoms with van der Waals surface area (Å²) in [6, 6.07) is 15.7. The van der Waals surface area contributed by atoms with E-state index >= 15 is 0 Å². The molecule has 0 nitrogen and oxygen atoms in total. The van der Waals surface area contributed by atoms with Gasteiger partial charge < -0.3 is 0 Å². The summed E-state index contributed by atoms with van der Waals surface area (Å²) in [5, 5.41) is 2.74. The summed E-state index contributed by atoms with van der Waals surface area (Å²) in [6.45, 7) is 2.28. The molecule has 178 valence electrons. The second-order valence-electron chi connectivity index (χ2n) is 9.78. The summed E-state index contributed by atoms with van der Waals surface area (Å²) in [4.78, 5) is 0. The fraction of sp³-hybridized carbons (Fsp3) is 0.625. The third-order valence-corrected chi connectivity index (χ3v) is 6.79. The van der Waals surface area contributed by atoms with Gasteiger partial charge in [0, 0.05) is 0 Å². The predicted molar refractivity (Wildman–Crippen MR) is 146 cm³/mol. The molecule has 32 heavy (non-hydrogen) atoms. The lowest BCUT2D eigenvalue weighted by molar-refractivity contribution is 0.537. The quantitative estimate of drug-likeness (QED) is 0.143. The molecule has 0 spiro atoms. The van der Waals surface area contributed by atoms with Crippen molar-refractivity contribution >= 4 is 10.8 Å². The maximum absolute atomic E-state index is 2.42. The van der Waals surface area contributed by atoms with Gasteiger partial charge in [-0.15, -0.1) is 0 Å². The van der Waals surface area contributed by atoms with E-state index in [4.69, 9.17) is 0 Å². The Bertz CT molecular complexity index is 711. The van der Waals surface area contributed by atoms with E-state index in [9.17, 15) is 0 Å². The van der Waals surface area contributed by atoms with Crippen LogP contribution in [0.1, 0.15) is 128 Å². The first kappa shape index (κ1) is 26.7. The number of hydrogen-bond donors (Lipinski definition) is 0. The maximum atomic E-state index is 2.42. The van der Waals surface area contributed by atoms with Crippen molar-refractivity contribution in [2.75, 3.05) is 0 Å². The second kappa shape index (κ2) is 19.0. The number of fused-ring (bicyclic) bond motifs is 1. The summed E-state index contributed by atoms with van der Waals surface area (Å²) >= 11 is 0. The molecular weight excluding hydrogens is 384 g/mol. The Hall–Kier alpha value is -1.56. The van der Waals surface area contributed by atoms with Crippen molar-refractivity contribution in [1.29, 1.82) is 0 Å². The average molecular weight is 435 g/mol. The molecule has 2 aromatic carbocycles. The Morgan fingerprint density at radius 2 is 1.00 bits per heavy atom. The van der Waals surface area contributed by atoms with Gasteiger partial charge in [-0.25, -0.2) is 0 Å². The first-order chi connectivity index (χ1) is 15.9. The van der Waals surface area contributed by atoms with Crippen molar-refractivity contribution in [3.63, 3.8) is 0 Å². The van der Waals surface area contributed by atoms with E-state index in [2.05, 4.69) is 61.5 Å². The Labute approximate surface area is 199 Å². The first-order valence-electron chi connectivity index (χ1n) is 14.0. The highest BCUT2D eigenvalue weighted by molar-refractivity contribution is 5.82. The van der Waals surface area contributed by atoms with Crippen LogP contribution in [-0.4, -0.2) is 0 Å². The number of benzene rings is 2. The van der Waals surface area contributed by atoms with Crippen LogP contribution in [0, 0.1) is 0 Å². The standard InChI is InChI=1S/C32H50/c1-2-3-4-5-6-7-8-9-10-11-12-13-14-15-16-17-18-19-20-21-24-30-27-28-31-25-22-23-26-32(31)29-30/h6-7,22-23,25-29H,2-5,8-21,24H2,1H3/b7-6+. The fourth-order valence-electron chi connectivity index (χ4n) is 4.68. The van der Waals surface area contributed by atoms with Crippen LogP contribution in [0.5, 0.6) is 0 Å². The van der Waals surface area contributed by atoms with Crippen molar-refractivity contribution in [1.82, 2.24) is 0 Å². The summed E-state index contributed by atoms with van der Waals surface area (Å²) in [6.07, 6.45) is 31.3. The summed E-state index contributed by atoms with van der Waals surface area (Å²) in [5.74, 6) is 0. The molecule has 0 saturated heterocycles. The van der Waals surface area contributed by atoms with Crippen molar-refractivity contribution in [3.05, 3.63) is 60.2 Å². The van der Waals surface area contributed by atoms with Crippen LogP contribution in [0.25, 0.3) is 10.8 Å². The second-order valence-corrected chi connectivity index (χ2v) is 9.78. The number of unbranched alkanes of at least 4 members (excludes halogenated alkanes) is 16. The van der Waals surface area contributed by atoms with Crippen molar-refractivity contribution in [3.8, 4) is 0 Å². The van der Waals surface area contributed by atoms with Gasteiger partial charge in [-0.05, 0) is 54.9 Å². The highest BCUT2D eigenvalue weighted by Gasteiger charge is 1.98. The lowest BCUT2D eigenvalue weighted by Gasteiger charge is -2.05. The van der Waals surface area contributed by atoms with Crippen LogP contribution < -0.4 is 0 Å². The zero-order valence-electron chi connectivity index (χ0n) is 21.1. The fourth-order valence-corrected chi connectivity index (χ4v) is 4.68. The molecule has 0 fully saturated rings. The molecule has 0 radical (unpaired) electrons. The van der Waals surface area contributed by atoms with Gasteiger partial charge in [0.2, 0.25) is 0 Å². The van der Waals surface area contributed by atoms with Gasteiger partial charge in [0.25, 0.3) is 0 Å². The highest BCUT2D eigenvalue weighted by atomic mass is 14.0. The average Bonchev–Trinajstić information content (AvgIpc) is 2.82. The Morgan fingerprint density at radius 1 is 0.500 bits per heavy atom. The number of aryl methyl sites for hydroxylation is 1. The van der Waals surface area contributed by atoms with E-state index in [1.54, 1.807) is 0 Å². The SMILES string of the molecule is CCCCC/C=C/CCCCCCCCCCCCCCCc1ccc2ccccc2c1. The van der Waals surface area contributed by atoms with Gasteiger partial charge in [0.1, 0.15) is 0 Å². The lowest BCUT2D eigenvalue weighted by Crippen LogP contribution is -1.87. The van der Waals surface area contributed by atoms with Gasteiger partial charge >= 0.3 is 0 Å². The van der Waals surface area contributed by atoms with E-state index < -0.39 is 0 Å². The topological polar surface area (TPSA) is 0 Å². The molecule has 0 heteroatoms. The van der Waals surface area contributed by atoms with Crippen LogP contribution >= 0.6 is 0 Å². The predicted octanol–water partition coefficient (Wildman–Crippen LogP) is 11.0. The molecule has 0 saturated carbocycles. The molecule has 0 aromatic heterocycles. The Morgan fingerprint density at radius 3 is 1.59 bits per heavy atom. The summed E-state index contributed by atoms with van der Waals surface area (Å²) < 4.78 is 0. The first-order valence-corrected chi connectivity index (χ1v) is 14.0. The molecule has 2 rings (SSSR count). The molecule has 0 unspecified atom stereocenters. The molecule has 0 bridgehead atoms. The molecule has 0 amide bonds. The molecule has 0 atom stereocenters. The summed E-state index contributed by atoms with van der Waals surface area (Å²) in [5.41, 5.74) is 1.50. The normalized spacial score (nSPS) is 11.7. The monoisotopic (exact) mass is 434 g/mol. The van der Waals surface area contributed by atoms with Crippen LogP contribution in [-0.2, 0) is 6.42 Å². The van der Waals surface area contributed by atoms with E-state index in [1.165, 1.54) is 138 Å². The van der Waals surface area contributed by atoms with Gasteiger partial charge in [-0.1, -0.05) is 145 Å². The lowest BCUT2D eigenvalue weighted by atomic mass is 10.0. The molecule has 0 heterocycles. The van der Waals surface area contributed by atoms with Crippen molar-refractivity contribution in [2.24, 2.45) is 0 Å². The Kier molecular flexibility index (Phi) is 15.8. The minimum absolute atomic E-state index is 1.24. The smallest absolute Gasteiger partial charge is 0.0181 e. The van der Waals surface area contributed by atoms with E-state index in [0.717, 1.165) is 0 Å². The van der Waals surface area contributed by atoms with Crippen LogP contribution in [0.4, 0.5) is 0 Å². The Balaban J connectivity index is 1.30. The molecule has 0 aliphatic carbocycles. The van der Waals surface area contributed by atoms with Crippen molar-refractivity contribution < 1.29 is 0 Å². The third kappa shape index (κ3) is 13.1. The number of allylic oxidation sites excluding steroid dienone is 2. The maximum Gasteiger partial charge on any atom is -0.0181 e. The van der Waals surface area contributed by atoms with Gasteiger partial charge in [-0.3, -0.25) is 0 Å². The zero-order chi connectivity index (χ0) is 22.5. The van der Waals surface area contributed by atoms with Crippen molar-refractivity contribution in [2.45, 2.75) is 129 Å². The minimum atomic E-state index is 1.24. The number of rotatable bonds is 20. The van der Waals surface area contributed by atoms with Gasteiger partial charge in [-0.2, -0.15) is 0 Å². The molecular formula is C32H50. The largest absolute Gasteiger partial charge is 0.0885 e. The van der Waals surface area contributed by atoms with E-state index in [-0.39, 0.29) is 0 Å². The van der Waals surface area contributed by atoms with Crippen LogP contribution in [0.3, 0.4) is 0 Å². The number of hydrogen-bond acceptors (Lipinski definition) is 0.